The number of amides is 1. The number of anilines is 1. The van der Waals surface area contributed by atoms with Crippen LogP contribution in [-0.2, 0) is 25.4 Å². The van der Waals surface area contributed by atoms with E-state index >= 15 is 0 Å². The SMILES string of the molecule is Cc1nnc(CN=C(NC2CC2)N2CCN(c3cnn(C)c3)C(=O)C2)n1C.I. The summed E-state index contributed by atoms with van der Waals surface area (Å²) in [5.41, 5.74) is 0.838. The van der Waals surface area contributed by atoms with E-state index in [2.05, 4.69) is 20.6 Å². The molecular weight excluding hydrogens is 473 g/mol. The van der Waals surface area contributed by atoms with E-state index in [1.807, 2.05) is 36.7 Å². The minimum Gasteiger partial charge on any atom is -0.353 e. The summed E-state index contributed by atoms with van der Waals surface area (Å²) in [5.74, 6) is 2.49. The van der Waals surface area contributed by atoms with Gasteiger partial charge in [0.1, 0.15) is 18.9 Å². The molecule has 0 bridgehead atoms. The van der Waals surface area contributed by atoms with Crippen molar-refractivity contribution in [2.75, 3.05) is 24.5 Å². The highest BCUT2D eigenvalue weighted by atomic mass is 127. The molecule has 1 aliphatic carbocycles. The van der Waals surface area contributed by atoms with E-state index in [1.54, 1.807) is 15.8 Å². The molecule has 1 aliphatic heterocycles. The van der Waals surface area contributed by atoms with Crippen LogP contribution in [0.15, 0.2) is 17.4 Å². The Kier molecular flexibility index (Phi) is 6.20. The standard InChI is InChI=1S/C17H25N9O.HI/c1-12-21-22-15(24(12)3)9-18-17(20-13-4-5-13)25-6-7-26(16(27)11-25)14-8-19-23(2)10-14;/h8,10,13H,4-7,9,11H2,1-3H3,(H,18,20);1H. The number of aliphatic imine (C=N–C) groups is 1. The van der Waals surface area contributed by atoms with Crippen molar-refractivity contribution in [2.24, 2.45) is 19.1 Å². The Morgan fingerprint density at radius 3 is 2.64 bits per heavy atom. The molecule has 0 unspecified atom stereocenters. The molecule has 2 aliphatic rings. The number of piperazine rings is 1. The smallest absolute Gasteiger partial charge is 0.246 e. The molecule has 3 heterocycles. The summed E-state index contributed by atoms with van der Waals surface area (Å²) >= 11 is 0. The van der Waals surface area contributed by atoms with Gasteiger partial charge in [-0.15, -0.1) is 34.2 Å². The molecule has 10 nitrogen and oxygen atoms in total. The molecule has 4 rings (SSSR count). The topological polar surface area (TPSA) is 96.5 Å². The van der Waals surface area contributed by atoms with Gasteiger partial charge in [-0.25, -0.2) is 4.99 Å². The van der Waals surface area contributed by atoms with Crippen molar-refractivity contribution in [3.63, 3.8) is 0 Å². The fraction of sp³-hybridized carbons (Fsp3) is 0.588. The fourth-order valence-electron chi connectivity index (χ4n) is 3.06. The highest BCUT2D eigenvalue weighted by molar-refractivity contribution is 14.0. The maximum absolute atomic E-state index is 12.7. The van der Waals surface area contributed by atoms with E-state index in [0.717, 1.165) is 42.7 Å². The van der Waals surface area contributed by atoms with Crippen LogP contribution in [0.5, 0.6) is 0 Å². The first kappa shape index (κ1) is 20.6. The zero-order valence-electron chi connectivity index (χ0n) is 16.4. The monoisotopic (exact) mass is 499 g/mol. The number of halogens is 1. The molecule has 0 spiro atoms. The van der Waals surface area contributed by atoms with Gasteiger partial charge in [-0.2, -0.15) is 5.10 Å². The third-order valence-corrected chi connectivity index (χ3v) is 4.99. The Bertz CT molecular complexity index is 870. The lowest BCUT2D eigenvalue weighted by atomic mass is 10.3. The average Bonchev–Trinajstić information content (AvgIpc) is 3.29. The highest BCUT2D eigenvalue weighted by Crippen LogP contribution is 2.20. The lowest BCUT2D eigenvalue weighted by molar-refractivity contribution is -0.120. The molecule has 1 amide bonds. The van der Waals surface area contributed by atoms with Crippen LogP contribution < -0.4 is 10.2 Å². The summed E-state index contributed by atoms with van der Waals surface area (Å²) in [6.07, 6.45) is 5.88. The number of aromatic nitrogens is 5. The van der Waals surface area contributed by atoms with E-state index in [4.69, 9.17) is 4.99 Å². The molecule has 152 valence electrons. The number of nitrogens with zero attached hydrogens (tertiary/aromatic N) is 8. The van der Waals surface area contributed by atoms with Gasteiger partial charge in [-0.05, 0) is 19.8 Å². The number of guanidine groups is 1. The number of rotatable bonds is 4. The Morgan fingerprint density at radius 1 is 1.29 bits per heavy atom. The van der Waals surface area contributed by atoms with Crippen molar-refractivity contribution in [3.05, 3.63) is 24.0 Å². The van der Waals surface area contributed by atoms with Crippen LogP contribution in [0, 0.1) is 6.92 Å². The van der Waals surface area contributed by atoms with Gasteiger partial charge in [0, 0.05) is 39.4 Å². The summed E-state index contributed by atoms with van der Waals surface area (Å²) < 4.78 is 3.64. The molecule has 2 aromatic heterocycles. The van der Waals surface area contributed by atoms with Gasteiger partial charge in [-0.3, -0.25) is 9.48 Å². The zero-order valence-corrected chi connectivity index (χ0v) is 18.7. The van der Waals surface area contributed by atoms with Crippen molar-refractivity contribution < 1.29 is 4.79 Å². The van der Waals surface area contributed by atoms with Crippen molar-refractivity contribution in [2.45, 2.75) is 32.4 Å². The number of nitrogens with one attached hydrogen (secondary N) is 1. The van der Waals surface area contributed by atoms with Crippen molar-refractivity contribution in [3.8, 4) is 0 Å². The van der Waals surface area contributed by atoms with Gasteiger partial charge >= 0.3 is 0 Å². The van der Waals surface area contributed by atoms with E-state index in [0.29, 0.717) is 25.7 Å². The first-order valence-corrected chi connectivity index (χ1v) is 9.21. The Hall–Kier alpha value is -2.18. The normalized spacial score (nSPS) is 17.7. The van der Waals surface area contributed by atoms with Gasteiger partial charge in [-0.1, -0.05) is 0 Å². The minimum atomic E-state index is 0. The van der Waals surface area contributed by atoms with Gasteiger partial charge in [0.25, 0.3) is 0 Å². The summed E-state index contributed by atoms with van der Waals surface area (Å²) in [6.45, 7) is 3.98. The predicted molar refractivity (Wildman–Crippen MR) is 116 cm³/mol. The second kappa shape index (κ2) is 8.45. The summed E-state index contributed by atoms with van der Waals surface area (Å²) in [7, 11) is 3.78. The maximum Gasteiger partial charge on any atom is 0.246 e. The van der Waals surface area contributed by atoms with E-state index in [1.165, 1.54) is 0 Å². The first-order chi connectivity index (χ1) is 13.0. The quantitative estimate of drug-likeness (QED) is 0.373. The molecule has 0 aromatic carbocycles. The lowest BCUT2D eigenvalue weighted by Gasteiger charge is -2.35. The van der Waals surface area contributed by atoms with Gasteiger partial charge in [0.05, 0.1) is 11.9 Å². The van der Waals surface area contributed by atoms with Crippen molar-refractivity contribution in [1.29, 1.82) is 0 Å². The van der Waals surface area contributed by atoms with Crippen LogP contribution in [0.2, 0.25) is 0 Å². The maximum atomic E-state index is 12.7. The van der Waals surface area contributed by atoms with Crippen LogP contribution in [0.4, 0.5) is 5.69 Å². The van der Waals surface area contributed by atoms with Crippen LogP contribution in [0.25, 0.3) is 0 Å². The average molecular weight is 499 g/mol. The number of hydrogen-bond donors (Lipinski definition) is 1. The minimum absolute atomic E-state index is 0. The molecule has 1 saturated heterocycles. The molecule has 1 saturated carbocycles. The molecule has 28 heavy (non-hydrogen) atoms. The fourth-order valence-corrected chi connectivity index (χ4v) is 3.06. The predicted octanol–water partition coefficient (Wildman–Crippen LogP) is 0.432. The number of carbonyl (C=O) groups excluding carboxylic acids is 1. The molecular formula is C17H26IN9O. The van der Waals surface area contributed by atoms with Gasteiger partial charge in [0.15, 0.2) is 11.8 Å². The van der Waals surface area contributed by atoms with Crippen LogP contribution in [0.3, 0.4) is 0 Å². The molecule has 0 atom stereocenters. The van der Waals surface area contributed by atoms with Crippen LogP contribution in [0.1, 0.15) is 24.5 Å². The number of carbonyl (C=O) groups is 1. The van der Waals surface area contributed by atoms with Crippen LogP contribution in [-0.4, -0.2) is 67.0 Å². The number of hydrogen-bond acceptors (Lipinski definition) is 5. The highest BCUT2D eigenvalue weighted by Gasteiger charge is 2.30. The third-order valence-electron chi connectivity index (χ3n) is 4.99. The number of aryl methyl sites for hydroxylation is 2. The van der Waals surface area contributed by atoms with Crippen molar-refractivity contribution >= 4 is 41.5 Å². The van der Waals surface area contributed by atoms with Gasteiger partial charge in [0.2, 0.25) is 5.91 Å². The largest absolute Gasteiger partial charge is 0.353 e. The second-order valence-electron chi connectivity index (χ2n) is 7.12. The first-order valence-electron chi connectivity index (χ1n) is 9.21. The van der Waals surface area contributed by atoms with E-state index in [-0.39, 0.29) is 29.9 Å². The molecule has 2 aromatic rings. The zero-order chi connectivity index (χ0) is 19.0. The molecule has 1 N–H and O–H groups in total. The lowest BCUT2D eigenvalue weighted by Crippen LogP contribution is -2.55. The summed E-state index contributed by atoms with van der Waals surface area (Å²) in [6, 6.07) is 0.455. The van der Waals surface area contributed by atoms with Gasteiger partial charge < -0.3 is 19.7 Å². The van der Waals surface area contributed by atoms with E-state index < -0.39 is 0 Å². The second-order valence-corrected chi connectivity index (χ2v) is 7.12. The Balaban J connectivity index is 0.00000225. The molecule has 2 fully saturated rings. The summed E-state index contributed by atoms with van der Waals surface area (Å²) in [5, 5.41) is 15.9. The Morgan fingerprint density at radius 2 is 2.07 bits per heavy atom. The third kappa shape index (κ3) is 4.45. The Labute approximate surface area is 181 Å². The molecule has 0 radical (unpaired) electrons. The van der Waals surface area contributed by atoms with Crippen molar-refractivity contribution in [1.82, 2.24) is 34.8 Å². The van der Waals surface area contributed by atoms with Crippen LogP contribution >= 0.6 is 24.0 Å². The van der Waals surface area contributed by atoms with E-state index in [9.17, 15) is 4.79 Å². The molecule has 11 heteroatoms. The summed E-state index contributed by atoms with van der Waals surface area (Å²) in [4.78, 5) is 21.2.